The molecule has 122 valence electrons. The van der Waals surface area contributed by atoms with Crippen molar-refractivity contribution in [1.29, 1.82) is 0 Å². The third-order valence-corrected chi connectivity index (χ3v) is 5.38. The van der Waals surface area contributed by atoms with Crippen LogP contribution in [0.3, 0.4) is 0 Å². The number of ether oxygens (including phenoxy) is 3. The Kier molecular flexibility index (Phi) is 4.84. The number of hydrogen-bond acceptors (Lipinski definition) is 4. The number of aliphatic hydroxyl groups excluding tert-OH is 1. The van der Waals surface area contributed by atoms with E-state index in [1.807, 2.05) is 0 Å². The minimum Gasteiger partial charge on any atom is -0.390 e. The summed E-state index contributed by atoms with van der Waals surface area (Å²) in [5.74, 6) is 0.0271. The van der Waals surface area contributed by atoms with Gasteiger partial charge in [-0.1, -0.05) is 11.6 Å². The van der Waals surface area contributed by atoms with Crippen LogP contribution in [0.5, 0.6) is 0 Å². The largest absolute Gasteiger partial charge is 0.390 e. The zero-order valence-electron chi connectivity index (χ0n) is 14.2. The number of allylic oxidation sites excluding steroid dienone is 1. The molecule has 0 aromatic heterocycles. The predicted molar refractivity (Wildman–Crippen MR) is 82.3 cm³/mol. The van der Waals surface area contributed by atoms with Crippen molar-refractivity contribution in [2.45, 2.75) is 76.5 Å². The van der Waals surface area contributed by atoms with Crippen molar-refractivity contribution in [2.75, 3.05) is 14.2 Å². The van der Waals surface area contributed by atoms with Crippen LogP contribution in [0, 0.1) is 5.92 Å². The van der Waals surface area contributed by atoms with Gasteiger partial charge in [0.1, 0.15) is 5.60 Å². The minimum absolute atomic E-state index is 0.0271. The highest BCUT2D eigenvalue weighted by atomic mass is 16.6. The Morgan fingerprint density at radius 2 is 2.00 bits per heavy atom. The van der Waals surface area contributed by atoms with E-state index in [-0.39, 0.29) is 29.3 Å². The van der Waals surface area contributed by atoms with Gasteiger partial charge in [0.2, 0.25) is 0 Å². The number of hydrogen-bond donors (Lipinski definition) is 1. The fourth-order valence-corrected chi connectivity index (χ4v) is 3.95. The van der Waals surface area contributed by atoms with E-state index in [4.69, 9.17) is 14.2 Å². The summed E-state index contributed by atoms with van der Waals surface area (Å²) < 4.78 is 17.5. The number of aliphatic hydroxyl groups is 1. The van der Waals surface area contributed by atoms with Crippen LogP contribution in [-0.2, 0) is 14.2 Å². The molecule has 0 bridgehead atoms. The fraction of sp³-hybridized carbons (Fsp3) is 0.882. The van der Waals surface area contributed by atoms with Crippen LogP contribution < -0.4 is 0 Å². The molecule has 0 spiro atoms. The first-order chi connectivity index (χ1) is 9.78. The van der Waals surface area contributed by atoms with Gasteiger partial charge in [-0.25, -0.2) is 0 Å². The van der Waals surface area contributed by atoms with Crippen LogP contribution >= 0.6 is 0 Å². The monoisotopic (exact) mass is 298 g/mol. The quantitative estimate of drug-likeness (QED) is 0.626. The summed E-state index contributed by atoms with van der Waals surface area (Å²) in [6.45, 7) is 8.44. The van der Waals surface area contributed by atoms with Gasteiger partial charge in [-0.15, -0.1) is 0 Å². The molecule has 1 saturated carbocycles. The summed E-state index contributed by atoms with van der Waals surface area (Å²) >= 11 is 0. The van der Waals surface area contributed by atoms with Crippen molar-refractivity contribution in [2.24, 2.45) is 5.92 Å². The van der Waals surface area contributed by atoms with Crippen molar-refractivity contribution in [3.8, 4) is 0 Å². The third-order valence-electron chi connectivity index (χ3n) is 5.38. The van der Waals surface area contributed by atoms with Crippen LogP contribution in [0.25, 0.3) is 0 Å². The molecule has 21 heavy (non-hydrogen) atoms. The summed E-state index contributed by atoms with van der Waals surface area (Å²) in [5, 5.41) is 10.3. The Morgan fingerprint density at radius 3 is 2.52 bits per heavy atom. The molecule has 1 saturated heterocycles. The van der Waals surface area contributed by atoms with Crippen LogP contribution in [-0.4, -0.2) is 48.8 Å². The van der Waals surface area contributed by atoms with Crippen LogP contribution in [0.1, 0.15) is 47.0 Å². The van der Waals surface area contributed by atoms with Gasteiger partial charge >= 0.3 is 0 Å². The van der Waals surface area contributed by atoms with Gasteiger partial charge in [0, 0.05) is 20.1 Å². The molecule has 6 unspecified atom stereocenters. The second kappa shape index (κ2) is 5.99. The van der Waals surface area contributed by atoms with Crippen molar-refractivity contribution in [3.05, 3.63) is 11.6 Å². The van der Waals surface area contributed by atoms with Crippen LogP contribution in [0.4, 0.5) is 0 Å². The molecule has 2 fully saturated rings. The first-order valence-corrected chi connectivity index (χ1v) is 7.85. The molecular formula is C17H30O4. The van der Waals surface area contributed by atoms with E-state index in [1.165, 1.54) is 5.57 Å². The van der Waals surface area contributed by atoms with E-state index in [0.29, 0.717) is 6.42 Å². The molecule has 0 radical (unpaired) electrons. The molecule has 0 aromatic rings. The number of rotatable bonds is 5. The highest BCUT2D eigenvalue weighted by Crippen LogP contribution is 2.55. The van der Waals surface area contributed by atoms with Crippen molar-refractivity contribution >= 4 is 0 Å². The van der Waals surface area contributed by atoms with Gasteiger partial charge in [0.05, 0.1) is 23.9 Å². The zero-order valence-corrected chi connectivity index (χ0v) is 14.2. The van der Waals surface area contributed by atoms with E-state index >= 15 is 0 Å². The molecule has 4 heteroatoms. The molecule has 2 rings (SSSR count). The molecule has 1 aliphatic carbocycles. The normalized spacial score (nSPS) is 46.2. The standard InChI is InChI=1S/C17H30O4/c1-11(2)7-8-13-17(4,21-13)15-14(19-5)12(18)9-10-16(15,3)20-6/h7,12-15,18H,8-10H2,1-6H3. The maximum atomic E-state index is 10.3. The maximum absolute atomic E-state index is 10.3. The first-order valence-electron chi connectivity index (χ1n) is 7.85. The van der Waals surface area contributed by atoms with E-state index in [0.717, 1.165) is 12.8 Å². The average molecular weight is 298 g/mol. The Morgan fingerprint density at radius 1 is 1.33 bits per heavy atom. The molecule has 0 amide bonds. The fourth-order valence-electron chi connectivity index (χ4n) is 3.95. The van der Waals surface area contributed by atoms with Crippen molar-refractivity contribution in [3.63, 3.8) is 0 Å². The second-order valence-corrected chi connectivity index (χ2v) is 7.11. The van der Waals surface area contributed by atoms with Gasteiger partial charge < -0.3 is 19.3 Å². The summed E-state index contributed by atoms with van der Waals surface area (Å²) in [6.07, 6.45) is 4.12. The molecular weight excluding hydrogens is 268 g/mol. The van der Waals surface area contributed by atoms with Gasteiger partial charge in [0.25, 0.3) is 0 Å². The maximum Gasteiger partial charge on any atom is 0.100 e. The summed E-state index contributed by atoms with van der Waals surface area (Å²) in [7, 11) is 3.41. The Labute approximate surface area is 128 Å². The number of epoxide rings is 1. The lowest BCUT2D eigenvalue weighted by molar-refractivity contribution is -0.183. The molecule has 2 aliphatic rings. The highest BCUT2D eigenvalue weighted by molar-refractivity contribution is 5.16. The van der Waals surface area contributed by atoms with Crippen LogP contribution in [0.2, 0.25) is 0 Å². The van der Waals surface area contributed by atoms with Crippen molar-refractivity contribution < 1.29 is 19.3 Å². The lowest BCUT2D eigenvalue weighted by atomic mass is 9.66. The lowest BCUT2D eigenvalue weighted by Gasteiger charge is -2.48. The van der Waals surface area contributed by atoms with E-state index in [1.54, 1.807) is 14.2 Å². The van der Waals surface area contributed by atoms with Gasteiger partial charge in [0.15, 0.2) is 0 Å². The topological polar surface area (TPSA) is 51.2 Å². The predicted octanol–water partition coefficient (Wildman–Crippen LogP) is 2.69. The lowest BCUT2D eigenvalue weighted by Crippen LogP contribution is -2.59. The zero-order chi connectivity index (χ0) is 15.8. The van der Waals surface area contributed by atoms with Crippen molar-refractivity contribution in [1.82, 2.24) is 0 Å². The van der Waals surface area contributed by atoms with Gasteiger partial charge in [-0.05, 0) is 47.0 Å². The van der Waals surface area contributed by atoms with E-state index < -0.39 is 6.10 Å². The average Bonchev–Trinajstić information content (AvgIpc) is 3.10. The van der Waals surface area contributed by atoms with Gasteiger partial charge in [-0.2, -0.15) is 0 Å². The molecule has 1 heterocycles. The van der Waals surface area contributed by atoms with E-state index in [9.17, 15) is 5.11 Å². The first kappa shape index (κ1) is 16.9. The third kappa shape index (κ3) is 3.04. The smallest absolute Gasteiger partial charge is 0.100 e. The minimum atomic E-state index is -0.451. The molecule has 1 N–H and O–H groups in total. The molecule has 6 atom stereocenters. The van der Waals surface area contributed by atoms with Crippen LogP contribution in [0.15, 0.2) is 11.6 Å². The Hall–Kier alpha value is -0.420. The SMILES string of the molecule is COC1C(O)CCC(C)(OC)C1C1(C)OC1CC=C(C)C. The summed E-state index contributed by atoms with van der Waals surface area (Å²) in [5.41, 5.74) is 0.682. The second-order valence-electron chi connectivity index (χ2n) is 7.11. The Bertz CT molecular complexity index is 404. The van der Waals surface area contributed by atoms with Gasteiger partial charge in [-0.3, -0.25) is 0 Å². The number of methoxy groups -OCH3 is 2. The summed E-state index contributed by atoms with van der Waals surface area (Å²) in [6, 6.07) is 0. The summed E-state index contributed by atoms with van der Waals surface area (Å²) in [4.78, 5) is 0. The molecule has 0 aromatic carbocycles. The highest BCUT2D eigenvalue weighted by Gasteiger charge is 2.66. The molecule has 1 aliphatic heterocycles. The van der Waals surface area contributed by atoms with E-state index in [2.05, 4.69) is 33.8 Å². The Balaban J connectivity index is 2.22. The molecule has 4 nitrogen and oxygen atoms in total.